The number of aliphatic hydroxyl groups excluding tert-OH is 1. The lowest BCUT2D eigenvalue weighted by Gasteiger charge is -2.43. The third-order valence-corrected chi connectivity index (χ3v) is 4.70. The number of amides is 1. The van der Waals surface area contributed by atoms with E-state index in [1.54, 1.807) is 6.92 Å². The number of aliphatic hydroxyl groups is 1. The first kappa shape index (κ1) is 14.9. The van der Waals surface area contributed by atoms with Crippen molar-refractivity contribution in [3.8, 4) is 0 Å². The summed E-state index contributed by atoms with van der Waals surface area (Å²) in [6.07, 6.45) is -0.770. The molecule has 1 aromatic heterocycles. The van der Waals surface area contributed by atoms with Gasteiger partial charge < -0.3 is 18.7 Å². The van der Waals surface area contributed by atoms with Gasteiger partial charge >= 0.3 is 11.8 Å². The minimum Gasteiger partial charge on any atom is -0.453 e. The number of carbonyl (C=O) groups excluding carboxylic acids is 2. The largest absolute Gasteiger partial charge is 0.519 e. The van der Waals surface area contributed by atoms with Crippen molar-refractivity contribution in [3.63, 3.8) is 0 Å². The second kappa shape index (κ2) is 5.33. The normalized spacial score (nSPS) is 24.6. The van der Waals surface area contributed by atoms with Crippen molar-refractivity contribution in [1.29, 1.82) is 0 Å². The maximum Gasteiger partial charge on any atom is 0.519 e. The van der Waals surface area contributed by atoms with E-state index in [4.69, 9.17) is 9.15 Å². The smallest absolute Gasteiger partial charge is 0.453 e. The van der Waals surface area contributed by atoms with Gasteiger partial charge in [0.05, 0.1) is 12.0 Å². The molecule has 0 saturated carbocycles. The van der Waals surface area contributed by atoms with E-state index in [-0.39, 0.29) is 35.1 Å². The van der Waals surface area contributed by atoms with Crippen molar-refractivity contribution in [2.24, 2.45) is 5.92 Å². The van der Waals surface area contributed by atoms with Gasteiger partial charge in [-0.05, 0) is 13.8 Å². The molecule has 22 heavy (non-hydrogen) atoms. The molecule has 2 aliphatic rings. The lowest BCUT2D eigenvalue weighted by atomic mass is 9.92. The number of nitrogens with zero attached hydrogens (tertiary/aromatic N) is 1. The molecule has 1 N–H and O–H groups in total. The number of carbonyl (C=O) groups is 2. The van der Waals surface area contributed by atoms with Crippen LogP contribution in [0, 0.1) is 12.8 Å². The SMILES string of the molecule is Cc1oc(=O)oc1COC(=O)C1=CS[C@@H]2[C@@H]([C@@H](C)O)C(=O)N12. The summed E-state index contributed by atoms with van der Waals surface area (Å²) in [6.45, 7) is 2.80. The average Bonchev–Trinajstić information content (AvgIpc) is 2.95. The fourth-order valence-corrected chi connectivity index (χ4v) is 3.71. The fraction of sp³-hybridized carbons (Fsp3) is 0.462. The number of fused-ring (bicyclic) bond motifs is 1. The number of hydrogen-bond acceptors (Lipinski definition) is 8. The van der Waals surface area contributed by atoms with Gasteiger partial charge in [0.1, 0.15) is 11.1 Å². The minimum absolute atomic E-state index is 0.123. The summed E-state index contributed by atoms with van der Waals surface area (Å²) in [6, 6.07) is 0. The van der Waals surface area contributed by atoms with Gasteiger partial charge in [0.15, 0.2) is 18.1 Å². The van der Waals surface area contributed by atoms with Crippen LogP contribution >= 0.6 is 11.8 Å². The molecule has 1 amide bonds. The van der Waals surface area contributed by atoms with Gasteiger partial charge in [-0.3, -0.25) is 9.69 Å². The quantitative estimate of drug-likeness (QED) is 0.622. The van der Waals surface area contributed by atoms with Crippen LogP contribution in [0.25, 0.3) is 0 Å². The Hall–Kier alpha value is -2.00. The number of rotatable bonds is 4. The number of aryl methyl sites for hydroxylation is 1. The van der Waals surface area contributed by atoms with Gasteiger partial charge in [-0.2, -0.15) is 0 Å². The van der Waals surface area contributed by atoms with E-state index in [2.05, 4.69) is 4.42 Å². The van der Waals surface area contributed by atoms with Gasteiger partial charge in [0.2, 0.25) is 5.91 Å². The maximum atomic E-state index is 12.0. The van der Waals surface area contributed by atoms with Gasteiger partial charge in [-0.15, -0.1) is 11.8 Å². The molecule has 9 heteroatoms. The average molecular weight is 327 g/mol. The van der Waals surface area contributed by atoms with Crippen molar-refractivity contribution in [3.05, 3.63) is 33.2 Å². The summed E-state index contributed by atoms with van der Waals surface area (Å²) >= 11 is 1.29. The molecule has 8 nitrogen and oxygen atoms in total. The highest BCUT2D eigenvalue weighted by atomic mass is 32.2. The van der Waals surface area contributed by atoms with E-state index in [0.717, 1.165) is 0 Å². The van der Waals surface area contributed by atoms with Gasteiger partial charge in [-0.25, -0.2) is 9.59 Å². The molecular formula is C13H13NO7S. The standard InChI is InChI=1S/C13H13NO7S/c1-5(15)9-10(16)14-7(4-22-11(9)14)12(17)19-3-8-6(2)20-13(18)21-8/h4-5,9,11,15H,3H2,1-2H3/t5-,9+,11-/m1/s1. The summed E-state index contributed by atoms with van der Waals surface area (Å²) in [5.74, 6) is -2.02. The predicted molar refractivity (Wildman–Crippen MR) is 73.3 cm³/mol. The maximum absolute atomic E-state index is 12.0. The van der Waals surface area contributed by atoms with E-state index in [1.165, 1.54) is 29.0 Å². The molecular weight excluding hydrogens is 314 g/mol. The molecule has 3 atom stereocenters. The molecule has 2 aliphatic heterocycles. The Morgan fingerprint density at radius 2 is 2.23 bits per heavy atom. The zero-order chi connectivity index (χ0) is 16.0. The van der Waals surface area contributed by atoms with Crippen LogP contribution in [0.3, 0.4) is 0 Å². The Bertz CT molecular complexity index is 716. The first-order chi connectivity index (χ1) is 10.4. The zero-order valence-corrected chi connectivity index (χ0v) is 12.6. The number of esters is 1. The molecule has 1 aromatic rings. The van der Waals surface area contributed by atoms with Crippen LogP contribution in [0.5, 0.6) is 0 Å². The molecule has 0 radical (unpaired) electrons. The Labute approximate surface area is 128 Å². The van der Waals surface area contributed by atoms with Crippen LogP contribution in [0.15, 0.2) is 24.7 Å². The van der Waals surface area contributed by atoms with Crippen LogP contribution in [0.2, 0.25) is 0 Å². The second-order valence-corrected chi connectivity index (χ2v) is 6.00. The highest BCUT2D eigenvalue weighted by molar-refractivity contribution is 8.03. The first-order valence-electron chi connectivity index (χ1n) is 6.53. The molecule has 0 spiro atoms. The van der Waals surface area contributed by atoms with Crippen LogP contribution in [-0.2, 0) is 20.9 Å². The van der Waals surface area contributed by atoms with Crippen molar-refractivity contribution >= 4 is 23.6 Å². The van der Waals surface area contributed by atoms with E-state index in [0.29, 0.717) is 0 Å². The van der Waals surface area contributed by atoms with Crippen LogP contribution in [0.1, 0.15) is 18.4 Å². The topological polar surface area (TPSA) is 110 Å². The van der Waals surface area contributed by atoms with Crippen molar-refractivity contribution in [2.75, 3.05) is 0 Å². The molecule has 3 heterocycles. The number of thioether (sulfide) groups is 1. The molecule has 1 saturated heterocycles. The van der Waals surface area contributed by atoms with Crippen molar-refractivity contribution < 1.29 is 28.3 Å². The van der Waals surface area contributed by atoms with Gasteiger partial charge in [-0.1, -0.05) is 0 Å². The molecule has 118 valence electrons. The molecule has 3 rings (SSSR count). The summed E-state index contributed by atoms with van der Waals surface area (Å²) < 4.78 is 14.4. The summed E-state index contributed by atoms with van der Waals surface area (Å²) in [7, 11) is 0. The van der Waals surface area contributed by atoms with Crippen LogP contribution in [-0.4, -0.2) is 33.4 Å². The van der Waals surface area contributed by atoms with Crippen molar-refractivity contribution in [1.82, 2.24) is 4.90 Å². The fourth-order valence-electron chi connectivity index (χ4n) is 2.38. The molecule has 0 aromatic carbocycles. The summed E-state index contributed by atoms with van der Waals surface area (Å²) in [5.41, 5.74) is 0.125. The third-order valence-electron chi connectivity index (χ3n) is 3.56. The Balaban J connectivity index is 1.64. The van der Waals surface area contributed by atoms with Crippen molar-refractivity contribution in [2.45, 2.75) is 31.9 Å². The molecule has 0 unspecified atom stereocenters. The molecule has 1 fully saturated rings. The van der Waals surface area contributed by atoms with E-state index in [9.17, 15) is 19.5 Å². The number of β-lactam (4-membered cyclic amide) rings is 1. The van der Waals surface area contributed by atoms with E-state index >= 15 is 0 Å². The summed E-state index contributed by atoms with van der Waals surface area (Å²) in [4.78, 5) is 36.2. The summed E-state index contributed by atoms with van der Waals surface area (Å²) in [5, 5.41) is 10.8. The van der Waals surface area contributed by atoms with Gasteiger partial charge in [0.25, 0.3) is 0 Å². The number of ether oxygens (including phenoxy) is 1. The first-order valence-corrected chi connectivity index (χ1v) is 7.47. The molecule has 0 aliphatic carbocycles. The Kier molecular flexibility index (Phi) is 3.61. The lowest BCUT2D eigenvalue weighted by Crippen LogP contribution is -2.60. The minimum atomic E-state index is -0.864. The third kappa shape index (κ3) is 2.26. The van der Waals surface area contributed by atoms with Crippen LogP contribution < -0.4 is 5.82 Å². The van der Waals surface area contributed by atoms with E-state index in [1.807, 2.05) is 0 Å². The predicted octanol–water partition coefficient (Wildman–Crippen LogP) is 0.338. The highest BCUT2D eigenvalue weighted by Crippen LogP contribution is 2.46. The lowest BCUT2D eigenvalue weighted by molar-refractivity contribution is -0.158. The second-order valence-electron chi connectivity index (χ2n) is 5.01. The van der Waals surface area contributed by atoms with Crippen LogP contribution in [0.4, 0.5) is 0 Å². The molecule has 0 bridgehead atoms. The monoisotopic (exact) mass is 327 g/mol. The number of hydrogen-bond donors (Lipinski definition) is 1. The zero-order valence-electron chi connectivity index (χ0n) is 11.8. The Morgan fingerprint density at radius 1 is 1.50 bits per heavy atom. The highest BCUT2D eigenvalue weighted by Gasteiger charge is 2.55. The Morgan fingerprint density at radius 3 is 2.82 bits per heavy atom. The van der Waals surface area contributed by atoms with Gasteiger partial charge in [0, 0.05) is 5.41 Å². The van der Waals surface area contributed by atoms with E-state index < -0.39 is 23.8 Å².